The van der Waals surface area contributed by atoms with E-state index in [1.807, 2.05) is 20.8 Å². The number of hydrogen-bond acceptors (Lipinski definition) is 2. The van der Waals surface area contributed by atoms with Crippen molar-refractivity contribution in [2.45, 2.75) is 52.2 Å². The zero-order chi connectivity index (χ0) is 10.9. The summed E-state index contributed by atoms with van der Waals surface area (Å²) in [6.07, 6.45) is 1.53. The molecule has 1 fully saturated rings. The molecule has 14 heavy (non-hydrogen) atoms. The molecule has 2 nitrogen and oxygen atoms in total. The average Bonchev–Trinajstić information content (AvgIpc) is 2.43. The number of allylic oxidation sites excluding steroid dienone is 1. The number of hydrogen-bond donors (Lipinski definition) is 2. The SMILES string of the molecule is C=C(C)[C@H]1C[C@@H](O)[C@](C)([C@H](O)CC)C1. The van der Waals surface area contributed by atoms with Crippen LogP contribution in [-0.4, -0.2) is 22.4 Å². The molecule has 1 aliphatic rings. The Hall–Kier alpha value is -0.340. The van der Waals surface area contributed by atoms with E-state index in [4.69, 9.17) is 0 Å². The number of aliphatic hydroxyl groups excluding tert-OH is 2. The minimum Gasteiger partial charge on any atom is -0.392 e. The van der Waals surface area contributed by atoms with Crippen molar-refractivity contribution in [3.05, 3.63) is 12.2 Å². The molecule has 0 bridgehead atoms. The third kappa shape index (κ3) is 1.86. The highest BCUT2D eigenvalue weighted by molar-refractivity contribution is 5.07. The molecule has 2 heteroatoms. The van der Waals surface area contributed by atoms with Crippen molar-refractivity contribution < 1.29 is 10.2 Å². The molecule has 2 N–H and O–H groups in total. The fourth-order valence-corrected chi connectivity index (χ4v) is 2.49. The van der Waals surface area contributed by atoms with Crippen LogP contribution in [0.25, 0.3) is 0 Å². The second-order valence-corrected chi connectivity index (χ2v) is 4.93. The molecule has 0 spiro atoms. The van der Waals surface area contributed by atoms with Gasteiger partial charge in [0, 0.05) is 5.41 Å². The van der Waals surface area contributed by atoms with E-state index >= 15 is 0 Å². The van der Waals surface area contributed by atoms with E-state index in [1.54, 1.807) is 0 Å². The summed E-state index contributed by atoms with van der Waals surface area (Å²) in [5.41, 5.74) is 0.786. The van der Waals surface area contributed by atoms with Gasteiger partial charge < -0.3 is 10.2 Å². The molecule has 0 saturated heterocycles. The van der Waals surface area contributed by atoms with Gasteiger partial charge in [-0.3, -0.25) is 0 Å². The lowest BCUT2D eigenvalue weighted by Crippen LogP contribution is -2.38. The second-order valence-electron chi connectivity index (χ2n) is 4.93. The van der Waals surface area contributed by atoms with E-state index in [0.29, 0.717) is 12.3 Å². The summed E-state index contributed by atoms with van der Waals surface area (Å²) >= 11 is 0. The summed E-state index contributed by atoms with van der Waals surface area (Å²) < 4.78 is 0. The largest absolute Gasteiger partial charge is 0.392 e. The quantitative estimate of drug-likeness (QED) is 0.682. The third-order valence-electron chi connectivity index (χ3n) is 3.80. The smallest absolute Gasteiger partial charge is 0.0624 e. The van der Waals surface area contributed by atoms with Gasteiger partial charge in [0.05, 0.1) is 12.2 Å². The maximum absolute atomic E-state index is 9.97. The molecule has 0 unspecified atom stereocenters. The summed E-state index contributed by atoms with van der Waals surface area (Å²) in [6.45, 7) is 9.87. The maximum atomic E-state index is 9.97. The Morgan fingerprint density at radius 3 is 2.57 bits per heavy atom. The summed E-state index contributed by atoms with van der Waals surface area (Å²) in [5.74, 6) is 0.371. The Morgan fingerprint density at radius 1 is 1.64 bits per heavy atom. The molecule has 0 aromatic carbocycles. The van der Waals surface area contributed by atoms with Gasteiger partial charge in [0.25, 0.3) is 0 Å². The van der Waals surface area contributed by atoms with Gasteiger partial charge in [-0.15, -0.1) is 0 Å². The molecule has 4 atom stereocenters. The van der Waals surface area contributed by atoms with Crippen LogP contribution in [-0.2, 0) is 0 Å². The van der Waals surface area contributed by atoms with Gasteiger partial charge in [-0.05, 0) is 32.1 Å². The molecule has 0 amide bonds. The van der Waals surface area contributed by atoms with Gasteiger partial charge in [-0.25, -0.2) is 0 Å². The fourth-order valence-electron chi connectivity index (χ4n) is 2.49. The molecule has 0 radical (unpaired) electrons. The summed E-state index contributed by atoms with van der Waals surface area (Å²) in [7, 11) is 0. The highest BCUT2D eigenvalue weighted by atomic mass is 16.3. The number of aliphatic hydroxyl groups is 2. The Morgan fingerprint density at radius 2 is 2.21 bits per heavy atom. The van der Waals surface area contributed by atoms with E-state index in [2.05, 4.69) is 6.58 Å². The minimum absolute atomic E-state index is 0.335. The van der Waals surface area contributed by atoms with E-state index in [1.165, 1.54) is 0 Å². The van der Waals surface area contributed by atoms with Crippen LogP contribution in [0.15, 0.2) is 12.2 Å². The van der Waals surface area contributed by atoms with Gasteiger partial charge in [-0.1, -0.05) is 26.0 Å². The van der Waals surface area contributed by atoms with E-state index in [0.717, 1.165) is 18.4 Å². The van der Waals surface area contributed by atoms with Gasteiger partial charge in [0.15, 0.2) is 0 Å². The van der Waals surface area contributed by atoms with Gasteiger partial charge in [0.2, 0.25) is 0 Å². The van der Waals surface area contributed by atoms with Crippen molar-refractivity contribution in [1.82, 2.24) is 0 Å². The highest BCUT2D eigenvalue weighted by Crippen LogP contribution is 2.47. The molecule has 82 valence electrons. The molecule has 1 rings (SSSR count). The van der Waals surface area contributed by atoms with Crippen molar-refractivity contribution in [2.24, 2.45) is 11.3 Å². The molecular weight excluding hydrogens is 176 g/mol. The first kappa shape index (κ1) is 11.7. The Balaban J connectivity index is 2.77. The van der Waals surface area contributed by atoms with Crippen LogP contribution in [0.5, 0.6) is 0 Å². The summed E-state index contributed by atoms with van der Waals surface area (Å²) in [4.78, 5) is 0. The Labute approximate surface area is 86.6 Å². The molecule has 1 aliphatic carbocycles. The first-order valence-electron chi connectivity index (χ1n) is 5.43. The van der Waals surface area contributed by atoms with Gasteiger partial charge >= 0.3 is 0 Å². The lowest BCUT2D eigenvalue weighted by atomic mass is 9.78. The van der Waals surface area contributed by atoms with Crippen LogP contribution in [0.3, 0.4) is 0 Å². The zero-order valence-electron chi connectivity index (χ0n) is 9.45. The number of rotatable bonds is 3. The summed E-state index contributed by atoms with van der Waals surface area (Å²) in [6, 6.07) is 0. The van der Waals surface area contributed by atoms with E-state index in [-0.39, 0.29) is 11.5 Å². The lowest BCUT2D eigenvalue weighted by Gasteiger charge is -2.33. The van der Waals surface area contributed by atoms with Gasteiger partial charge in [0.1, 0.15) is 0 Å². The minimum atomic E-state index is -0.401. The Kier molecular flexibility index (Phi) is 3.38. The first-order chi connectivity index (χ1) is 6.41. The van der Waals surface area contributed by atoms with Crippen LogP contribution in [0.4, 0.5) is 0 Å². The second kappa shape index (κ2) is 4.03. The van der Waals surface area contributed by atoms with Crippen LogP contribution in [0, 0.1) is 11.3 Å². The highest BCUT2D eigenvalue weighted by Gasteiger charge is 2.47. The fraction of sp³-hybridized carbons (Fsp3) is 0.833. The summed E-state index contributed by atoms with van der Waals surface area (Å²) in [5, 5.41) is 19.9. The van der Waals surface area contributed by atoms with Crippen LogP contribution >= 0.6 is 0 Å². The average molecular weight is 198 g/mol. The van der Waals surface area contributed by atoms with Crippen molar-refractivity contribution in [3.63, 3.8) is 0 Å². The molecule has 0 aliphatic heterocycles. The van der Waals surface area contributed by atoms with Gasteiger partial charge in [-0.2, -0.15) is 0 Å². The molecule has 1 saturated carbocycles. The van der Waals surface area contributed by atoms with E-state index in [9.17, 15) is 10.2 Å². The molecule has 0 aromatic heterocycles. The predicted octanol–water partition coefficient (Wildman–Crippen LogP) is 2.11. The first-order valence-corrected chi connectivity index (χ1v) is 5.43. The normalized spacial score (nSPS) is 39.8. The topological polar surface area (TPSA) is 40.5 Å². The van der Waals surface area contributed by atoms with Crippen LogP contribution in [0.1, 0.15) is 40.0 Å². The maximum Gasteiger partial charge on any atom is 0.0624 e. The molecule has 0 heterocycles. The third-order valence-corrected chi connectivity index (χ3v) is 3.80. The standard InChI is InChI=1S/C12H22O2/c1-5-10(13)12(4)7-9(8(2)3)6-11(12)14/h9-11,13-14H,2,5-7H2,1,3-4H3/t9-,10+,11+,12-/m0/s1. The molecular formula is C12H22O2. The van der Waals surface area contributed by atoms with Crippen LogP contribution in [0.2, 0.25) is 0 Å². The monoisotopic (exact) mass is 198 g/mol. The Bertz CT molecular complexity index is 224. The van der Waals surface area contributed by atoms with Crippen molar-refractivity contribution in [2.75, 3.05) is 0 Å². The zero-order valence-corrected chi connectivity index (χ0v) is 9.45. The van der Waals surface area contributed by atoms with Crippen molar-refractivity contribution >= 4 is 0 Å². The predicted molar refractivity (Wildman–Crippen MR) is 57.9 cm³/mol. The lowest BCUT2D eigenvalue weighted by molar-refractivity contribution is -0.0405. The van der Waals surface area contributed by atoms with Crippen molar-refractivity contribution in [1.29, 1.82) is 0 Å². The molecule has 0 aromatic rings. The van der Waals surface area contributed by atoms with E-state index < -0.39 is 6.10 Å². The van der Waals surface area contributed by atoms with Crippen molar-refractivity contribution in [3.8, 4) is 0 Å². The van der Waals surface area contributed by atoms with Crippen LogP contribution < -0.4 is 0 Å².